The van der Waals surface area contributed by atoms with Crippen molar-refractivity contribution in [1.29, 1.82) is 5.26 Å². The van der Waals surface area contributed by atoms with Crippen molar-refractivity contribution in [3.05, 3.63) is 111 Å². The van der Waals surface area contributed by atoms with Crippen LogP contribution < -0.4 is 5.56 Å². The maximum atomic E-state index is 13.8. The maximum absolute atomic E-state index is 13.8. The molecule has 0 amide bonds. The molecule has 184 valence electrons. The molecule has 0 N–H and O–H groups in total. The molecule has 3 aromatic carbocycles. The fourth-order valence-electron chi connectivity index (χ4n) is 4.65. The van der Waals surface area contributed by atoms with Crippen LogP contribution in [-0.2, 0) is 19.5 Å². The van der Waals surface area contributed by atoms with E-state index >= 15 is 0 Å². The van der Waals surface area contributed by atoms with Crippen molar-refractivity contribution in [2.24, 2.45) is 0 Å². The zero-order valence-electron chi connectivity index (χ0n) is 21.1. The van der Waals surface area contributed by atoms with Crippen molar-refractivity contribution in [1.82, 2.24) is 24.5 Å². The smallest absolute Gasteiger partial charge is 0.258 e. The van der Waals surface area contributed by atoms with Gasteiger partial charge in [-0.15, -0.1) is 5.10 Å². The third-order valence-corrected chi connectivity index (χ3v) is 6.70. The van der Waals surface area contributed by atoms with Crippen LogP contribution in [0.5, 0.6) is 0 Å². The fourth-order valence-corrected chi connectivity index (χ4v) is 4.65. The van der Waals surface area contributed by atoms with Gasteiger partial charge in [-0.25, -0.2) is 9.67 Å². The largest absolute Gasteiger partial charge is 0.276 e. The minimum absolute atomic E-state index is 0.0444. The molecule has 0 spiro atoms. The molecular formula is C30H28N6O. The van der Waals surface area contributed by atoms with E-state index in [2.05, 4.69) is 23.3 Å². The van der Waals surface area contributed by atoms with Gasteiger partial charge in [-0.05, 0) is 54.7 Å². The van der Waals surface area contributed by atoms with E-state index in [4.69, 9.17) is 4.98 Å². The Balaban J connectivity index is 1.50. The highest BCUT2D eigenvalue weighted by molar-refractivity contribution is 5.73. The molecule has 7 nitrogen and oxygen atoms in total. The topological polar surface area (TPSA) is 89.4 Å². The molecule has 37 heavy (non-hydrogen) atoms. The molecule has 2 aromatic heterocycles. The van der Waals surface area contributed by atoms with E-state index in [9.17, 15) is 10.1 Å². The first-order valence-electron chi connectivity index (χ1n) is 12.5. The Labute approximate surface area is 215 Å². The van der Waals surface area contributed by atoms with Gasteiger partial charge in [0.25, 0.3) is 5.56 Å². The maximum Gasteiger partial charge on any atom is 0.258 e. The lowest BCUT2D eigenvalue weighted by Gasteiger charge is -2.16. The van der Waals surface area contributed by atoms with E-state index in [1.165, 1.54) is 0 Å². The minimum Gasteiger partial charge on any atom is -0.276 e. The molecule has 5 rings (SSSR count). The van der Waals surface area contributed by atoms with E-state index in [1.54, 1.807) is 9.25 Å². The summed E-state index contributed by atoms with van der Waals surface area (Å²) in [6.45, 7) is 4.27. The second-order valence-corrected chi connectivity index (χ2v) is 9.17. The number of unbranched alkanes of at least 4 members (excludes halogenated alkanes) is 1. The van der Waals surface area contributed by atoms with Gasteiger partial charge < -0.3 is 0 Å². The summed E-state index contributed by atoms with van der Waals surface area (Å²) in [7, 11) is 0. The Kier molecular flexibility index (Phi) is 6.91. The van der Waals surface area contributed by atoms with Crippen LogP contribution in [0.4, 0.5) is 0 Å². The van der Waals surface area contributed by atoms with Crippen molar-refractivity contribution in [2.75, 3.05) is 0 Å². The summed E-state index contributed by atoms with van der Waals surface area (Å²) in [5.74, 6) is 0.669. The van der Waals surface area contributed by atoms with Crippen molar-refractivity contribution in [3.63, 3.8) is 0 Å². The summed E-state index contributed by atoms with van der Waals surface area (Å²) in [5, 5.41) is 17.9. The highest BCUT2D eigenvalue weighted by Crippen LogP contribution is 2.24. The number of aryl methyl sites for hydroxylation is 2. The first-order chi connectivity index (χ1) is 18.1. The van der Waals surface area contributed by atoms with Crippen LogP contribution in [0.15, 0.2) is 77.6 Å². The Morgan fingerprint density at radius 1 is 0.973 bits per heavy atom. The summed E-state index contributed by atoms with van der Waals surface area (Å²) in [5.41, 5.74) is 6.75. The molecule has 0 unspecified atom stereocenters. The molecule has 0 radical (unpaired) electrons. The minimum atomic E-state index is -0.0444. The first kappa shape index (κ1) is 24.1. The molecule has 0 aliphatic heterocycles. The quantitative estimate of drug-likeness (QED) is 0.297. The van der Waals surface area contributed by atoms with Gasteiger partial charge in [-0.3, -0.25) is 9.36 Å². The highest BCUT2D eigenvalue weighted by atomic mass is 16.1. The van der Waals surface area contributed by atoms with Gasteiger partial charge in [-0.1, -0.05) is 73.2 Å². The van der Waals surface area contributed by atoms with Crippen LogP contribution >= 0.6 is 0 Å². The van der Waals surface area contributed by atoms with Gasteiger partial charge in [0.05, 0.1) is 22.8 Å². The van der Waals surface area contributed by atoms with E-state index in [0.717, 1.165) is 52.7 Å². The van der Waals surface area contributed by atoms with Crippen LogP contribution in [0.1, 0.15) is 48.0 Å². The van der Waals surface area contributed by atoms with Gasteiger partial charge >= 0.3 is 0 Å². The molecule has 0 aliphatic rings. The molecular weight excluding hydrogens is 460 g/mol. The second-order valence-electron chi connectivity index (χ2n) is 9.17. The number of rotatable bonds is 8. The number of hydrogen-bond donors (Lipinski definition) is 0. The second kappa shape index (κ2) is 10.6. The zero-order valence-corrected chi connectivity index (χ0v) is 21.1. The number of benzene rings is 3. The predicted molar refractivity (Wildman–Crippen MR) is 144 cm³/mol. The molecule has 0 fully saturated rings. The highest BCUT2D eigenvalue weighted by Gasteiger charge is 2.17. The number of hydrogen-bond acceptors (Lipinski definition) is 5. The van der Waals surface area contributed by atoms with Crippen molar-refractivity contribution >= 4 is 11.0 Å². The van der Waals surface area contributed by atoms with Gasteiger partial charge in [-0.2, -0.15) is 5.26 Å². The van der Waals surface area contributed by atoms with Gasteiger partial charge in [0.1, 0.15) is 18.0 Å². The summed E-state index contributed by atoms with van der Waals surface area (Å²) >= 11 is 0. The summed E-state index contributed by atoms with van der Waals surface area (Å²) < 4.78 is 3.42. The molecule has 0 saturated heterocycles. The molecule has 2 heterocycles. The van der Waals surface area contributed by atoms with E-state index in [0.29, 0.717) is 23.4 Å². The summed E-state index contributed by atoms with van der Waals surface area (Å²) in [4.78, 5) is 18.7. The first-order valence-corrected chi connectivity index (χ1v) is 12.5. The van der Waals surface area contributed by atoms with Gasteiger partial charge in [0.2, 0.25) is 0 Å². The number of fused-ring (bicyclic) bond motifs is 1. The predicted octanol–water partition coefficient (Wildman–Crippen LogP) is 5.27. The molecule has 0 saturated carbocycles. The van der Waals surface area contributed by atoms with Gasteiger partial charge in [0, 0.05) is 12.0 Å². The average molecular weight is 489 g/mol. The van der Waals surface area contributed by atoms with Crippen molar-refractivity contribution in [3.8, 4) is 17.2 Å². The molecule has 0 aliphatic carbocycles. The number of nitrogens with zero attached hydrogens (tertiary/aromatic N) is 6. The number of aromatic nitrogens is 5. The van der Waals surface area contributed by atoms with Crippen molar-refractivity contribution in [2.45, 2.75) is 46.2 Å². The Hall–Kier alpha value is -4.57. The number of nitriles is 1. The SMILES string of the molecule is CCCCc1nc(C)n(Cn2nnc3ccccc32)c(=O)c1Cc1ccc(-c2ccccc2C#N)cc1. The third kappa shape index (κ3) is 4.91. The van der Waals surface area contributed by atoms with Crippen LogP contribution in [0.2, 0.25) is 0 Å². The summed E-state index contributed by atoms with van der Waals surface area (Å²) in [6, 6.07) is 25.6. The van der Waals surface area contributed by atoms with Crippen molar-refractivity contribution < 1.29 is 0 Å². The zero-order chi connectivity index (χ0) is 25.8. The number of para-hydroxylation sites is 1. The fraction of sp³-hybridized carbons (Fsp3) is 0.233. The van der Waals surface area contributed by atoms with Crippen LogP contribution in [-0.4, -0.2) is 24.5 Å². The Morgan fingerprint density at radius 2 is 1.73 bits per heavy atom. The monoisotopic (exact) mass is 488 g/mol. The standard InChI is InChI=1S/C30H28N6O/c1-3-4-11-27-26(18-22-14-16-23(17-15-22)25-10-6-5-9-24(25)19-31)30(37)35(21(2)32-27)20-36-29-13-8-7-12-28(29)33-34-36/h5-10,12-17H,3-4,11,18,20H2,1-2H3. The third-order valence-electron chi connectivity index (χ3n) is 6.70. The summed E-state index contributed by atoms with van der Waals surface area (Å²) in [6.07, 6.45) is 3.26. The van der Waals surface area contributed by atoms with E-state index < -0.39 is 0 Å². The lowest BCUT2D eigenvalue weighted by Crippen LogP contribution is -2.32. The van der Waals surface area contributed by atoms with E-state index in [-0.39, 0.29) is 12.2 Å². The average Bonchev–Trinajstić information content (AvgIpc) is 3.34. The Bertz CT molecular complexity index is 1660. The van der Waals surface area contributed by atoms with E-state index in [1.807, 2.05) is 79.7 Å². The molecule has 0 bridgehead atoms. The van der Waals surface area contributed by atoms with Crippen LogP contribution in [0.25, 0.3) is 22.2 Å². The van der Waals surface area contributed by atoms with Crippen LogP contribution in [0, 0.1) is 18.3 Å². The van der Waals surface area contributed by atoms with Crippen LogP contribution in [0.3, 0.4) is 0 Å². The lowest BCUT2D eigenvalue weighted by atomic mass is 9.97. The van der Waals surface area contributed by atoms with Gasteiger partial charge in [0.15, 0.2) is 0 Å². The molecule has 7 heteroatoms. The molecule has 0 atom stereocenters. The Morgan fingerprint density at radius 3 is 2.51 bits per heavy atom. The normalized spacial score (nSPS) is 11.1. The molecule has 5 aromatic rings. The lowest BCUT2D eigenvalue weighted by molar-refractivity contribution is 0.507.